The van der Waals surface area contributed by atoms with E-state index >= 15 is 0 Å². The van der Waals surface area contributed by atoms with Crippen molar-refractivity contribution in [2.24, 2.45) is 0 Å². The van der Waals surface area contributed by atoms with Gasteiger partial charge in [-0.2, -0.15) is 0 Å². The molecule has 2 aromatic carbocycles. The molecule has 0 saturated carbocycles. The van der Waals surface area contributed by atoms with Gasteiger partial charge in [-0.3, -0.25) is 0 Å². The molecule has 0 amide bonds. The molecule has 4 heteroatoms. The van der Waals surface area contributed by atoms with Crippen LogP contribution in [0.1, 0.15) is 18.8 Å². The Hall–Kier alpha value is -1.97. The average Bonchev–Trinajstić information content (AvgIpc) is 2.90. The fraction of sp³-hybridized carbons (Fsp3) is 0.176. The van der Waals surface area contributed by atoms with Crippen LogP contribution in [0.2, 0.25) is 5.02 Å². The lowest BCUT2D eigenvalue weighted by molar-refractivity contribution is 0.0330. The second-order valence-corrected chi connectivity index (χ2v) is 5.35. The fourth-order valence-corrected chi connectivity index (χ4v) is 2.38. The normalized spacial score (nSPS) is 14.0. The van der Waals surface area contributed by atoms with Crippen LogP contribution >= 0.6 is 11.6 Å². The SMILES string of the molecule is CC(Oc1cccc(Cl)c1)C(O)c1cc2ccccc2o1. The van der Waals surface area contributed by atoms with Gasteiger partial charge in [-0.1, -0.05) is 35.9 Å². The number of benzene rings is 2. The first-order valence-electron chi connectivity index (χ1n) is 6.72. The Morgan fingerprint density at radius 1 is 1.10 bits per heavy atom. The predicted molar refractivity (Wildman–Crippen MR) is 82.7 cm³/mol. The number of para-hydroxylation sites is 1. The number of aliphatic hydroxyl groups is 1. The van der Waals surface area contributed by atoms with Crippen LogP contribution in [-0.4, -0.2) is 11.2 Å². The maximum Gasteiger partial charge on any atom is 0.148 e. The second kappa shape index (κ2) is 5.80. The topological polar surface area (TPSA) is 42.6 Å². The highest BCUT2D eigenvalue weighted by atomic mass is 35.5. The number of halogens is 1. The molecule has 21 heavy (non-hydrogen) atoms. The summed E-state index contributed by atoms with van der Waals surface area (Å²) < 4.78 is 11.4. The van der Waals surface area contributed by atoms with E-state index in [1.54, 1.807) is 31.2 Å². The van der Waals surface area contributed by atoms with E-state index in [0.717, 1.165) is 11.0 Å². The minimum Gasteiger partial charge on any atom is -0.487 e. The minimum atomic E-state index is -0.851. The molecule has 1 heterocycles. The molecule has 3 aromatic rings. The van der Waals surface area contributed by atoms with Crippen molar-refractivity contribution in [2.45, 2.75) is 19.1 Å². The van der Waals surface area contributed by atoms with E-state index in [0.29, 0.717) is 16.5 Å². The summed E-state index contributed by atoms with van der Waals surface area (Å²) in [5.74, 6) is 1.11. The van der Waals surface area contributed by atoms with E-state index in [4.69, 9.17) is 20.8 Å². The number of rotatable bonds is 4. The van der Waals surface area contributed by atoms with Crippen LogP contribution in [0.25, 0.3) is 11.0 Å². The van der Waals surface area contributed by atoms with Crippen molar-refractivity contribution in [3.8, 4) is 5.75 Å². The molecule has 1 aromatic heterocycles. The maximum absolute atomic E-state index is 10.4. The molecule has 3 rings (SSSR count). The summed E-state index contributed by atoms with van der Waals surface area (Å²) in [5, 5.41) is 11.9. The third kappa shape index (κ3) is 3.04. The molecule has 108 valence electrons. The number of aliphatic hydroxyl groups excluding tert-OH is 1. The first-order chi connectivity index (χ1) is 10.1. The lowest BCUT2D eigenvalue weighted by Crippen LogP contribution is -2.21. The highest BCUT2D eigenvalue weighted by Gasteiger charge is 2.22. The van der Waals surface area contributed by atoms with Gasteiger partial charge in [0.05, 0.1) is 0 Å². The molecule has 0 aliphatic carbocycles. The van der Waals surface area contributed by atoms with Gasteiger partial charge in [0.1, 0.15) is 29.3 Å². The molecule has 0 bridgehead atoms. The van der Waals surface area contributed by atoms with Gasteiger partial charge in [0.25, 0.3) is 0 Å². The largest absolute Gasteiger partial charge is 0.487 e. The predicted octanol–water partition coefficient (Wildman–Crippen LogP) is 4.59. The summed E-state index contributed by atoms with van der Waals surface area (Å²) in [4.78, 5) is 0. The smallest absolute Gasteiger partial charge is 0.148 e. The van der Waals surface area contributed by atoms with E-state index in [9.17, 15) is 5.11 Å². The van der Waals surface area contributed by atoms with Crippen molar-refractivity contribution in [3.63, 3.8) is 0 Å². The standard InChI is InChI=1S/C17H15ClO3/c1-11(20-14-7-4-6-13(18)10-14)17(19)16-9-12-5-2-3-8-15(12)21-16/h2-11,17,19H,1H3. The minimum absolute atomic E-state index is 0.455. The molecule has 1 N–H and O–H groups in total. The van der Waals surface area contributed by atoms with Gasteiger partial charge in [-0.05, 0) is 37.3 Å². The van der Waals surface area contributed by atoms with Crippen molar-refractivity contribution in [1.29, 1.82) is 0 Å². The van der Waals surface area contributed by atoms with Crippen LogP contribution in [0.4, 0.5) is 0 Å². The summed E-state index contributed by atoms with van der Waals surface area (Å²) in [6, 6.07) is 16.6. The van der Waals surface area contributed by atoms with E-state index in [-0.39, 0.29) is 0 Å². The van der Waals surface area contributed by atoms with Crippen LogP contribution in [-0.2, 0) is 0 Å². The Morgan fingerprint density at radius 2 is 1.90 bits per heavy atom. The fourth-order valence-electron chi connectivity index (χ4n) is 2.20. The van der Waals surface area contributed by atoms with E-state index in [2.05, 4.69) is 0 Å². The number of furan rings is 1. The summed E-state index contributed by atoms with van der Waals surface area (Å²) in [5.41, 5.74) is 0.751. The van der Waals surface area contributed by atoms with Gasteiger partial charge in [0.2, 0.25) is 0 Å². The lowest BCUT2D eigenvalue weighted by atomic mass is 10.1. The van der Waals surface area contributed by atoms with Crippen molar-refractivity contribution in [1.82, 2.24) is 0 Å². The zero-order valence-corrected chi connectivity index (χ0v) is 12.2. The average molecular weight is 303 g/mol. The summed E-state index contributed by atoms with van der Waals surface area (Å²) >= 11 is 5.92. The van der Waals surface area contributed by atoms with Crippen LogP contribution in [0.5, 0.6) is 5.75 Å². The Balaban J connectivity index is 1.78. The first-order valence-corrected chi connectivity index (χ1v) is 7.10. The lowest BCUT2D eigenvalue weighted by Gasteiger charge is -2.19. The van der Waals surface area contributed by atoms with Crippen LogP contribution < -0.4 is 4.74 Å². The molecule has 0 spiro atoms. The number of hydrogen-bond acceptors (Lipinski definition) is 3. The van der Waals surface area contributed by atoms with Crippen LogP contribution in [0.3, 0.4) is 0 Å². The molecule has 0 fully saturated rings. The van der Waals surface area contributed by atoms with E-state index < -0.39 is 12.2 Å². The quantitative estimate of drug-likeness (QED) is 0.766. The van der Waals surface area contributed by atoms with Gasteiger partial charge in [0.15, 0.2) is 0 Å². The zero-order valence-electron chi connectivity index (χ0n) is 11.5. The van der Waals surface area contributed by atoms with Crippen LogP contribution in [0, 0.1) is 0 Å². The maximum atomic E-state index is 10.4. The second-order valence-electron chi connectivity index (χ2n) is 4.91. The molecule has 2 atom stereocenters. The summed E-state index contributed by atoms with van der Waals surface area (Å²) in [7, 11) is 0. The van der Waals surface area contributed by atoms with Crippen molar-refractivity contribution >= 4 is 22.6 Å². The van der Waals surface area contributed by atoms with Crippen molar-refractivity contribution in [2.75, 3.05) is 0 Å². The number of ether oxygens (including phenoxy) is 1. The molecule has 0 aliphatic rings. The number of hydrogen-bond donors (Lipinski definition) is 1. The van der Waals surface area contributed by atoms with Gasteiger partial charge < -0.3 is 14.3 Å². The third-order valence-electron chi connectivity index (χ3n) is 3.30. The Morgan fingerprint density at radius 3 is 2.67 bits per heavy atom. The summed E-state index contributed by atoms with van der Waals surface area (Å²) in [6.45, 7) is 1.79. The monoisotopic (exact) mass is 302 g/mol. The van der Waals surface area contributed by atoms with Gasteiger partial charge in [-0.15, -0.1) is 0 Å². The molecular formula is C17H15ClO3. The molecule has 0 saturated heterocycles. The molecule has 0 radical (unpaired) electrons. The van der Waals surface area contributed by atoms with Crippen LogP contribution in [0.15, 0.2) is 59.0 Å². The molecular weight excluding hydrogens is 288 g/mol. The summed E-state index contributed by atoms with van der Waals surface area (Å²) in [6.07, 6.45) is -1.31. The zero-order chi connectivity index (χ0) is 14.8. The highest BCUT2D eigenvalue weighted by molar-refractivity contribution is 6.30. The first kappa shape index (κ1) is 14.0. The van der Waals surface area contributed by atoms with E-state index in [1.807, 2.05) is 30.3 Å². The number of fused-ring (bicyclic) bond motifs is 1. The van der Waals surface area contributed by atoms with Gasteiger partial charge >= 0.3 is 0 Å². The Kier molecular flexibility index (Phi) is 3.86. The Labute approximate surface area is 127 Å². The molecule has 2 unspecified atom stereocenters. The molecule has 3 nitrogen and oxygen atoms in total. The van der Waals surface area contributed by atoms with Crippen molar-refractivity contribution < 1.29 is 14.3 Å². The van der Waals surface area contributed by atoms with Gasteiger partial charge in [-0.25, -0.2) is 0 Å². The van der Waals surface area contributed by atoms with Crippen molar-refractivity contribution in [3.05, 3.63) is 65.4 Å². The Bertz CT molecular complexity index is 717. The molecule has 0 aliphatic heterocycles. The highest BCUT2D eigenvalue weighted by Crippen LogP contribution is 2.28. The van der Waals surface area contributed by atoms with Gasteiger partial charge in [0, 0.05) is 10.4 Å². The third-order valence-corrected chi connectivity index (χ3v) is 3.53. The van der Waals surface area contributed by atoms with E-state index in [1.165, 1.54) is 0 Å².